The SMILES string of the molecule is C1=CC(=C(c2ccco2)c2ccco2)OC1. The van der Waals surface area contributed by atoms with Gasteiger partial charge >= 0.3 is 0 Å². The van der Waals surface area contributed by atoms with Gasteiger partial charge in [0.1, 0.15) is 29.5 Å². The van der Waals surface area contributed by atoms with Crippen molar-refractivity contribution >= 4 is 5.57 Å². The highest BCUT2D eigenvalue weighted by Gasteiger charge is 2.18. The predicted molar refractivity (Wildman–Crippen MR) is 58.5 cm³/mol. The normalized spacial score (nSPS) is 14.1. The van der Waals surface area contributed by atoms with E-state index in [2.05, 4.69) is 0 Å². The van der Waals surface area contributed by atoms with Crippen LogP contribution in [0.5, 0.6) is 0 Å². The van der Waals surface area contributed by atoms with E-state index in [1.165, 1.54) is 0 Å². The van der Waals surface area contributed by atoms with Crippen LogP contribution in [0.4, 0.5) is 0 Å². The van der Waals surface area contributed by atoms with E-state index in [9.17, 15) is 0 Å². The first-order valence-corrected chi connectivity index (χ1v) is 5.06. The largest absolute Gasteiger partial charge is 0.489 e. The molecule has 0 unspecified atom stereocenters. The summed E-state index contributed by atoms with van der Waals surface area (Å²) in [5.74, 6) is 2.28. The lowest BCUT2D eigenvalue weighted by molar-refractivity contribution is 0.279. The third kappa shape index (κ3) is 1.46. The summed E-state index contributed by atoms with van der Waals surface area (Å²) in [6.07, 6.45) is 7.16. The molecule has 0 radical (unpaired) electrons. The molecule has 3 rings (SSSR count). The van der Waals surface area contributed by atoms with Gasteiger partial charge in [-0.1, -0.05) is 0 Å². The lowest BCUT2D eigenvalue weighted by Crippen LogP contribution is -1.91. The highest BCUT2D eigenvalue weighted by atomic mass is 16.5. The number of hydrogen-bond donors (Lipinski definition) is 0. The van der Waals surface area contributed by atoms with Crippen LogP contribution in [0, 0.1) is 0 Å². The Morgan fingerprint density at radius 1 is 1.00 bits per heavy atom. The quantitative estimate of drug-likeness (QED) is 0.769. The Morgan fingerprint density at radius 2 is 1.69 bits per heavy atom. The van der Waals surface area contributed by atoms with Gasteiger partial charge < -0.3 is 13.6 Å². The van der Waals surface area contributed by atoms with E-state index in [4.69, 9.17) is 13.6 Å². The number of allylic oxidation sites excluding steroid dienone is 1. The molecule has 1 aliphatic rings. The van der Waals surface area contributed by atoms with Gasteiger partial charge in [0.05, 0.1) is 12.5 Å². The van der Waals surface area contributed by atoms with E-state index in [1.807, 2.05) is 36.4 Å². The summed E-state index contributed by atoms with van der Waals surface area (Å²) in [6.45, 7) is 0.597. The van der Waals surface area contributed by atoms with Gasteiger partial charge in [-0.3, -0.25) is 0 Å². The first-order chi connectivity index (χ1) is 7.95. The molecule has 0 bridgehead atoms. The minimum Gasteiger partial charge on any atom is -0.489 e. The van der Waals surface area contributed by atoms with Crippen molar-refractivity contribution in [3.05, 3.63) is 66.2 Å². The van der Waals surface area contributed by atoms with Crippen molar-refractivity contribution in [3.63, 3.8) is 0 Å². The minimum absolute atomic E-state index is 0.597. The molecule has 3 nitrogen and oxygen atoms in total. The molecule has 80 valence electrons. The van der Waals surface area contributed by atoms with Crippen molar-refractivity contribution in [2.75, 3.05) is 6.61 Å². The molecule has 0 aliphatic carbocycles. The van der Waals surface area contributed by atoms with Crippen molar-refractivity contribution in [2.24, 2.45) is 0 Å². The lowest BCUT2D eigenvalue weighted by Gasteiger charge is -2.05. The molecule has 0 amide bonds. The zero-order chi connectivity index (χ0) is 10.8. The first-order valence-electron chi connectivity index (χ1n) is 5.06. The minimum atomic E-state index is 0.597. The highest BCUT2D eigenvalue weighted by molar-refractivity contribution is 5.77. The molecular formula is C13H10O3. The molecule has 2 aromatic rings. The lowest BCUT2D eigenvalue weighted by atomic mass is 10.1. The monoisotopic (exact) mass is 214 g/mol. The molecule has 0 aromatic carbocycles. The fourth-order valence-corrected chi connectivity index (χ4v) is 1.70. The highest BCUT2D eigenvalue weighted by Crippen LogP contribution is 2.30. The second-order valence-electron chi connectivity index (χ2n) is 3.41. The van der Waals surface area contributed by atoms with Crippen LogP contribution in [-0.4, -0.2) is 6.61 Å². The second-order valence-corrected chi connectivity index (χ2v) is 3.41. The van der Waals surface area contributed by atoms with Crippen molar-refractivity contribution in [3.8, 4) is 0 Å². The van der Waals surface area contributed by atoms with E-state index in [-0.39, 0.29) is 0 Å². The number of furan rings is 2. The standard InChI is InChI=1S/C13H10O3/c1-4-10(14-7-1)13(11-5-2-8-15-11)12-6-3-9-16-12/h1-8H,9H2. The van der Waals surface area contributed by atoms with Crippen LogP contribution in [0.15, 0.2) is 63.5 Å². The van der Waals surface area contributed by atoms with Crippen molar-refractivity contribution in [1.29, 1.82) is 0 Å². The zero-order valence-corrected chi connectivity index (χ0v) is 8.55. The maximum Gasteiger partial charge on any atom is 0.141 e. The van der Waals surface area contributed by atoms with Gasteiger partial charge in [0.15, 0.2) is 0 Å². The molecule has 0 spiro atoms. The Labute approximate surface area is 92.6 Å². The smallest absolute Gasteiger partial charge is 0.141 e. The van der Waals surface area contributed by atoms with Gasteiger partial charge in [-0.2, -0.15) is 0 Å². The summed E-state index contributed by atoms with van der Waals surface area (Å²) in [5.41, 5.74) is 0.851. The van der Waals surface area contributed by atoms with E-state index >= 15 is 0 Å². The fraction of sp³-hybridized carbons (Fsp3) is 0.0769. The zero-order valence-electron chi connectivity index (χ0n) is 8.55. The van der Waals surface area contributed by atoms with Gasteiger partial charge in [0.2, 0.25) is 0 Å². The fourth-order valence-electron chi connectivity index (χ4n) is 1.70. The second kappa shape index (κ2) is 3.77. The van der Waals surface area contributed by atoms with Crippen LogP contribution >= 0.6 is 0 Å². The summed E-state index contributed by atoms with van der Waals surface area (Å²) in [6, 6.07) is 7.47. The van der Waals surface area contributed by atoms with Crippen LogP contribution in [0.25, 0.3) is 5.57 Å². The third-order valence-electron chi connectivity index (χ3n) is 2.39. The molecule has 0 N–H and O–H groups in total. The Balaban J connectivity index is 2.16. The average Bonchev–Trinajstić information content (AvgIpc) is 3.02. The summed E-state index contributed by atoms with van der Waals surface area (Å²) in [4.78, 5) is 0. The maximum absolute atomic E-state index is 5.51. The number of ether oxygens (including phenoxy) is 1. The molecule has 16 heavy (non-hydrogen) atoms. The summed E-state index contributed by atoms with van der Waals surface area (Å²) in [7, 11) is 0. The number of rotatable bonds is 2. The van der Waals surface area contributed by atoms with Gasteiger partial charge in [-0.05, 0) is 36.4 Å². The van der Waals surface area contributed by atoms with E-state index < -0.39 is 0 Å². The van der Waals surface area contributed by atoms with Gasteiger partial charge in [0, 0.05) is 0 Å². The summed E-state index contributed by atoms with van der Waals surface area (Å²) < 4.78 is 16.3. The molecule has 2 aromatic heterocycles. The van der Waals surface area contributed by atoms with Gasteiger partial charge in [0.25, 0.3) is 0 Å². The Morgan fingerprint density at radius 3 is 2.12 bits per heavy atom. The van der Waals surface area contributed by atoms with Gasteiger partial charge in [-0.15, -0.1) is 0 Å². The van der Waals surface area contributed by atoms with Crippen LogP contribution in [0.3, 0.4) is 0 Å². The van der Waals surface area contributed by atoms with Crippen molar-refractivity contribution in [2.45, 2.75) is 0 Å². The Kier molecular flexibility index (Phi) is 2.14. The molecule has 1 aliphatic heterocycles. The molecule has 3 heterocycles. The van der Waals surface area contributed by atoms with Gasteiger partial charge in [-0.25, -0.2) is 0 Å². The van der Waals surface area contributed by atoms with Crippen molar-refractivity contribution < 1.29 is 13.6 Å². The molecule has 0 atom stereocenters. The first kappa shape index (κ1) is 9.09. The topological polar surface area (TPSA) is 35.5 Å². The Hall–Kier alpha value is -2.16. The van der Waals surface area contributed by atoms with E-state index in [1.54, 1.807) is 12.5 Å². The van der Waals surface area contributed by atoms with Crippen LogP contribution in [0.2, 0.25) is 0 Å². The number of hydrogen-bond acceptors (Lipinski definition) is 3. The van der Waals surface area contributed by atoms with E-state index in [0.717, 1.165) is 22.9 Å². The molecule has 0 saturated heterocycles. The third-order valence-corrected chi connectivity index (χ3v) is 2.39. The Bertz CT molecular complexity index is 479. The molecular weight excluding hydrogens is 204 g/mol. The predicted octanol–water partition coefficient (Wildman–Crippen LogP) is 3.22. The van der Waals surface area contributed by atoms with Crippen LogP contribution in [-0.2, 0) is 4.74 Å². The average molecular weight is 214 g/mol. The molecule has 0 fully saturated rings. The molecule has 0 saturated carbocycles. The van der Waals surface area contributed by atoms with Crippen LogP contribution in [0.1, 0.15) is 11.5 Å². The van der Waals surface area contributed by atoms with Crippen molar-refractivity contribution in [1.82, 2.24) is 0 Å². The molecule has 3 heteroatoms. The van der Waals surface area contributed by atoms with Crippen LogP contribution < -0.4 is 0 Å². The summed E-state index contributed by atoms with van der Waals surface area (Å²) in [5, 5.41) is 0. The van der Waals surface area contributed by atoms with E-state index in [0.29, 0.717) is 6.61 Å². The maximum atomic E-state index is 5.51. The summed E-state index contributed by atoms with van der Waals surface area (Å²) >= 11 is 0.